The lowest BCUT2D eigenvalue weighted by Gasteiger charge is -1.99. The molecule has 0 heterocycles. The van der Waals surface area contributed by atoms with Gasteiger partial charge in [-0.05, 0) is 13.0 Å². The third kappa shape index (κ3) is 4.32. The molecule has 12 heavy (non-hydrogen) atoms. The second kappa shape index (κ2) is 5.17. The lowest BCUT2D eigenvalue weighted by molar-refractivity contribution is -0.132. The van der Waals surface area contributed by atoms with Crippen molar-refractivity contribution < 1.29 is 19.4 Å². The molecule has 0 saturated carbocycles. The number of alkyl carbamates (subject to hydrolysis) is 1. The maximum Gasteiger partial charge on any atom is 0.407 e. The molecule has 5 heteroatoms. The van der Waals surface area contributed by atoms with Crippen molar-refractivity contribution in [2.24, 2.45) is 0 Å². The van der Waals surface area contributed by atoms with Crippen LogP contribution in [0.4, 0.5) is 4.79 Å². The van der Waals surface area contributed by atoms with Crippen LogP contribution in [0.3, 0.4) is 0 Å². The highest BCUT2D eigenvalue weighted by molar-refractivity contribution is 5.85. The van der Waals surface area contributed by atoms with Crippen LogP contribution < -0.4 is 5.32 Å². The summed E-state index contributed by atoms with van der Waals surface area (Å²) in [7, 11) is 1.43. The predicted octanol–water partition coefficient (Wildman–Crippen LogP) is 0.373. The van der Waals surface area contributed by atoms with Crippen molar-refractivity contribution in [3.8, 4) is 0 Å². The maximum absolute atomic E-state index is 10.5. The van der Waals surface area contributed by atoms with Gasteiger partial charge in [-0.15, -0.1) is 0 Å². The van der Waals surface area contributed by atoms with Gasteiger partial charge in [0.25, 0.3) is 0 Å². The van der Waals surface area contributed by atoms with Gasteiger partial charge in [-0.2, -0.15) is 0 Å². The molecule has 0 saturated heterocycles. The summed E-state index contributed by atoms with van der Waals surface area (Å²) in [6, 6.07) is 0. The summed E-state index contributed by atoms with van der Waals surface area (Å²) in [6.45, 7) is 1.40. The van der Waals surface area contributed by atoms with E-state index in [1.165, 1.54) is 20.0 Å². The van der Waals surface area contributed by atoms with Crippen LogP contribution in [0.2, 0.25) is 0 Å². The van der Waals surface area contributed by atoms with E-state index in [1.807, 2.05) is 0 Å². The van der Waals surface area contributed by atoms with Crippen LogP contribution in [0, 0.1) is 0 Å². The van der Waals surface area contributed by atoms with E-state index in [4.69, 9.17) is 5.11 Å². The molecule has 0 aliphatic rings. The Kier molecular flexibility index (Phi) is 4.52. The first-order valence-electron chi connectivity index (χ1n) is 3.32. The molecule has 0 aromatic heterocycles. The number of ether oxygens (including phenoxy) is 1. The van der Waals surface area contributed by atoms with Crippen LogP contribution in [0.5, 0.6) is 0 Å². The Balaban J connectivity index is 3.75. The van der Waals surface area contributed by atoms with Gasteiger partial charge < -0.3 is 15.2 Å². The van der Waals surface area contributed by atoms with Gasteiger partial charge in [-0.1, -0.05) is 0 Å². The highest BCUT2D eigenvalue weighted by atomic mass is 16.5. The van der Waals surface area contributed by atoms with Crippen LogP contribution in [-0.2, 0) is 9.53 Å². The molecule has 68 valence electrons. The molecule has 0 fully saturated rings. The van der Waals surface area contributed by atoms with Crippen LogP contribution in [0.1, 0.15) is 6.92 Å². The topological polar surface area (TPSA) is 75.6 Å². The number of amides is 1. The van der Waals surface area contributed by atoms with Gasteiger partial charge in [0, 0.05) is 12.6 Å². The quantitative estimate of drug-likeness (QED) is 0.605. The third-order valence-corrected chi connectivity index (χ3v) is 1.15. The van der Waals surface area contributed by atoms with E-state index in [0.29, 0.717) is 0 Å². The zero-order valence-corrected chi connectivity index (χ0v) is 6.96. The summed E-state index contributed by atoms with van der Waals surface area (Å²) in [5, 5.41) is 10.6. The van der Waals surface area contributed by atoms with E-state index >= 15 is 0 Å². The third-order valence-electron chi connectivity index (χ3n) is 1.15. The first kappa shape index (κ1) is 10.5. The Labute approximate surface area is 70.0 Å². The minimum absolute atomic E-state index is 0.0300. The van der Waals surface area contributed by atoms with Gasteiger partial charge in [0.05, 0.1) is 0 Å². The summed E-state index contributed by atoms with van der Waals surface area (Å²) in [6.07, 6.45) is 0.738. The number of carboxylic acids is 1. The van der Waals surface area contributed by atoms with Gasteiger partial charge in [0.15, 0.2) is 0 Å². The minimum atomic E-state index is -1.02. The molecule has 2 N–H and O–H groups in total. The molecule has 0 aromatic rings. The van der Waals surface area contributed by atoms with Gasteiger partial charge in [-0.25, -0.2) is 9.59 Å². The monoisotopic (exact) mass is 173 g/mol. The molecule has 0 aliphatic carbocycles. The number of hydrogen-bond donors (Lipinski definition) is 2. The minimum Gasteiger partial charge on any atom is -0.478 e. The molecule has 0 spiro atoms. The summed E-state index contributed by atoms with van der Waals surface area (Å²) < 4.78 is 4.52. The summed E-state index contributed by atoms with van der Waals surface area (Å²) in [4.78, 5) is 20.7. The largest absolute Gasteiger partial charge is 0.478 e. The fourth-order valence-electron chi connectivity index (χ4n) is 0.402. The van der Waals surface area contributed by atoms with E-state index in [1.54, 1.807) is 0 Å². The van der Waals surface area contributed by atoms with Crippen molar-refractivity contribution in [1.29, 1.82) is 0 Å². The van der Waals surface area contributed by atoms with Crippen molar-refractivity contribution in [2.45, 2.75) is 6.92 Å². The Morgan fingerprint density at radius 3 is 2.58 bits per heavy atom. The molecule has 0 rings (SSSR count). The zero-order chi connectivity index (χ0) is 9.56. The Hall–Kier alpha value is -1.52. The van der Waals surface area contributed by atoms with E-state index < -0.39 is 12.1 Å². The number of carboxylic acid groups (broad SMARTS) is 1. The van der Waals surface area contributed by atoms with E-state index in [0.717, 1.165) is 0 Å². The number of aliphatic carboxylic acids is 1. The Morgan fingerprint density at radius 1 is 1.58 bits per heavy atom. The first-order chi connectivity index (χ1) is 5.57. The van der Waals surface area contributed by atoms with Crippen LogP contribution >= 0.6 is 0 Å². The van der Waals surface area contributed by atoms with Crippen LogP contribution in [0.15, 0.2) is 11.6 Å². The molecule has 0 radical (unpaired) electrons. The first-order valence-corrected chi connectivity index (χ1v) is 3.32. The molecule has 0 aromatic carbocycles. The predicted molar refractivity (Wildman–Crippen MR) is 41.8 cm³/mol. The van der Waals surface area contributed by atoms with Crippen LogP contribution in [-0.4, -0.2) is 30.8 Å². The fraction of sp³-hybridized carbons (Fsp3) is 0.429. The highest BCUT2D eigenvalue weighted by Gasteiger charge is 1.99. The fourth-order valence-corrected chi connectivity index (χ4v) is 0.402. The summed E-state index contributed by atoms with van der Waals surface area (Å²) in [5.74, 6) is -1.02. The normalized spacial score (nSPS) is 10.7. The van der Waals surface area contributed by atoms with Gasteiger partial charge in [0.1, 0.15) is 6.61 Å². The molecule has 0 unspecified atom stereocenters. The zero-order valence-electron chi connectivity index (χ0n) is 6.96. The Morgan fingerprint density at radius 2 is 2.17 bits per heavy atom. The van der Waals surface area contributed by atoms with E-state index in [-0.39, 0.29) is 12.2 Å². The smallest absolute Gasteiger partial charge is 0.407 e. The van der Waals surface area contributed by atoms with Crippen molar-refractivity contribution in [2.75, 3.05) is 13.7 Å². The number of nitrogens with one attached hydrogen (secondary N) is 1. The highest BCUT2D eigenvalue weighted by Crippen LogP contribution is 1.91. The van der Waals surface area contributed by atoms with Crippen molar-refractivity contribution in [3.63, 3.8) is 0 Å². The number of rotatable bonds is 3. The van der Waals surface area contributed by atoms with Crippen molar-refractivity contribution in [1.82, 2.24) is 5.32 Å². The van der Waals surface area contributed by atoms with Crippen LogP contribution in [0.25, 0.3) is 0 Å². The van der Waals surface area contributed by atoms with E-state index in [9.17, 15) is 9.59 Å². The SMILES string of the molecule is CNC(=O)OCC=C(C)C(=O)O. The molecule has 0 aliphatic heterocycles. The number of carbonyl (C=O) groups is 2. The molecule has 1 amide bonds. The lowest BCUT2D eigenvalue weighted by Crippen LogP contribution is -2.19. The van der Waals surface area contributed by atoms with Gasteiger partial charge in [0.2, 0.25) is 0 Å². The number of carbonyl (C=O) groups excluding carboxylic acids is 1. The average Bonchev–Trinajstić information content (AvgIpc) is 2.03. The summed E-state index contributed by atoms with van der Waals surface area (Å²) in [5.41, 5.74) is 0.152. The van der Waals surface area contributed by atoms with Crippen molar-refractivity contribution >= 4 is 12.1 Å². The number of hydrogen-bond acceptors (Lipinski definition) is 3. The van der Waals surface area contributed by atoms with Gasteiger partial charge in [-0.3, -0.25) is 0 Å². The molecule has 0 atom stereocenters. The van der Waals surface area contributed by atoms with E-state index in [2.05, 4.69) is 10.1 Å². The molecular formula is C7H11NO4. The average molecular weight is 173 g/mol. The maximum atomic E-state index is 10.5. The summed E-state index contributed by atoms with van der Waals surface area (Å²) >= 11 is 0. The van der Waals surface area contributed by atoms with Gasteiger partial charge >= 0.3 is 12.1 Å². The second-order valence-electron chi connectivity index (χ2n) is 2.04. The lowest BCUT2D eigenvalue weighted by atomic mass is 10.3. The Bertz CT molecular complexity index is 209. The second-order valence-corrected chi connectivity index (χ2v) is 2.04. The molecule has 0 bridgehead atoms. The molecule has 5 nitrogen and oxygen atoms in total. The standard InChI is InChI=1S/C7H11NO4/c1-5(6(9)10)3-4-12-7(11)8-2/h3H,4H2,1-2H3,(H,8,11)(H,9,10). The van der Waals surface area contributed by atoms with Crippen molar-refractivity contribution in [3.05, 3.63) is 11.6 Å². The molecular weight excluding hydrogens is 162 g/mol.